The summed E-state index contributed by atoms with van der Waals surface area (Å²) < 4.78 is 1.23. The maximum Gasteiger partial charge on any atom is 0.325 e. The summed E-state index contributed by atoms with van der Waals surface area (Å²) in [7, 11) is 0. The van der Waals surface area contributed by atoms with Crippen molar-refractivity contribution in [2.45, 2.75) is 26.3 Å². The second-order valence-electron chi connectivity index (χ2n) is 5.14. The van der Waals surface area contributed by atoms with Crippen molar-refractivity contribution >= 4 is 29.3 Å². The van der Waals surface area contributed by atoms with E-state index >= 15 is 0 Å². The average molecular weight is 322 g/mol. The first-order valence-corrected chi connectivity index (χ1v) is 7.10. The molecule has 1 aromatic heterocycles. The normalized spacial score (nSPS) is 10.7. The number of nitrogens with zero attached hydrogens (tertiary/aromatic N) is 2. The molecule has 1 aromatic carbocycles. The second-order valence-corrected chi connectivity index (χ2v) is 5.54. The number of aliphatic carboxylic acids is 1. The number of carbonyl (C=O) groups excluding carboxylic acids is 1. The number of hydrogen-bond donors (Lipinski definition) is 2. The molecular weight excluding hydrogens is 306 g/mol. The second kappa shape index (κ2) is 6.62. The average Bonchev–Trinajstić information content (AvgIpc) is 2.84. The van der Waals surface area contributed by atoms with Crippen LogP contribution in [0, 0.1) is 0 Å². The Kier molecular flexibility index (Phi) is 4.82. The number of aromatic nitrogens is 2. The fourth-order valence-electron chi connectivity index (χ4n) is 1.98. The van der Waals surface area contributed by atoms with E-state index in [1.165, 1.54) is 16.9 Å². The predicted molar refractivity (Wildman–Crippen MR) is 83.4 cm³/mol. The molecule has 2 aromatic rings. The maximum atomic E-state index is 12.1. The quantitative estimate of drug-likeness (QED) is 0.886. The van der Waals surface area contributed by atoms with E-state index in [2.05, 4.69) is 10.4 Å². The van der Waals surface area contributed by atoms with Crippen LogP contribution in [0.25, 0.3) is 0 Å². The number of carboxylic acid groups (broad SMARTS) is 1. The summed E-state index contributed by atoms with van der Waals surface area (Å²) in [6, 6.07) is 6.67. The van der Waals surface area contributed by atoms with Gasteiger partial charge in [0.2, 0.25) is 0 Å². The van der Waals surface area contributed by atoms with Gasteiger partial charge in [-0.25, -0.2) is 0 Å². The molecule has 0 aliphatic heterocycles. The summed E-state index contributed by atoms with van der Waals surface area (Å²) >= 11 is 6.17. The van der Waals surface area contributed by atoms with E-state index in [0.717, 1.165) is 5.56 Å². The zero-order valence-electron chi connectivity index (χ0n) is 12.2. The molecule has 1 heterocycles. The zero-order chi connectivity index (χ0) is 16.3. The van der Waals surface area contributed by atoms with Crippen molar-refractivity contribution in [1.29, 1.82) is 0 Å². The van der Waals surface area contributed by atoms with Crippen LogP contribution in [0.4, 0.5) is 5.82 Å². The van der Waals surface area contributed by atoms with Crippen LogP contribution in [0.15, 0.2) is 30.5 Å². The molecule has 7 heteroatoms. The van der Waals surface area contributed by atoms with Crippen molar-refractivity contribution in [2.24, 2.45) is 0 Å². The Hall–Kier alpha value is -2.34. The molecule has 2 N–H and O–H groups in total. The molecule has 0 saturated heterocycles. The number of benzene rings is 1. The van der Waals surface area contributed by atoms with E-state index in [1.54, 1.807) is 12.1 Å². The Morgan fingerprint density at radius 3 is 2.68 bits per heavy atom. The fourth-order valence-corrected chi connectivity index (χ4v) is 2.38. The fraction of sp³-hybridized carbons (Fsp3) is 0.267. The Morgan fingerprint density at radius 2 is 2.09 bits per heavy atom. The minimum Gasteiger partial charge on any atom is -0.480 e. The maximum absolute atomic E-state index is 12.1. The Balaban J connectivity index is 2.10. The molecule has 1 amide bonds. The van der Waals surface area contributed by atoms with Gasteiger partial charge in [0.15, 0.2) is 5.82 Å². The third-order valence-corrected chi connectivity index (χ3v) is 3.39. The number of carboxylic acids is 1. The van der Waals surface area contributed by atoms with Crippen molar-refractivity contribution in [3.05, 3.63) is 46.6 Å². The standard InChI is InChI=1S/C15H16ClN3O3/c1-9(2)11-4-3-10(7-12(11)16)15(22)17-13-5-6-19(18-13)8-14(20)21/h3-7,9H,8H2,1-2H3,(H,20,21)(H,17,18,22). The number of halogens is 1. The lowest BCUT2D eigenvalue weighted by Crippen LogP contribution is -2.14. The topological polar surface area (TPSA) is 84.2 Å². The molecule has 22 heavy (non-hydrogen) atoms. The molecule has 2 rings (SSSR count). The van der Waals surface area contributed by atoms with E-state index < -0.39 is 5.97 Å². The molecule has 116 valence electrons. The number of hydrogen-bond acceptors (Lipinski definition) is 3. The van der Waals surface area contributed by atoms with Gasteiger partial charge in [0.1, 0.15) is 6.54 Å². The summed E-state index contributed by atoms with van der Waals surface area (Å²) in [6.07, 6.45) is 1.48. The molecule has 0 fully saturated rings. The van der Waals surface area contributed by atoms with Crippen LogP contribution >= 0.6 is 11.6 Å². The van der Waals surface area contributed by atoms with Gasteiger partial charge in [0.25, 0.3) is 5.91 Å². The molecule has 0 radical (unpaired) electrons. The zero-order valence-corrected chi connectivity index (χ0v) is 13.0. The first kappa shape index (κ1) is 16.0. The van der Waals surface area contributed by atoms with Crippen LogP contribution in [-0.4, -0.2) is 26.8 Å². The van der Waals surface area contributed by atoms with E-state index in [1.807, 2.05) is 19.9 Å². The van der Waals surface area contributed by atoms with Crippen molar-refractivity contribution in [3.8, 4) is 0 Å². The number of nitrogens with one attached hydrogen (secondary N) is 1. The van der Waals surface area contributed by atoms with Crippen LogP contribution in [0.3, 0.4) is 0 Å². The van der Waals surface area contributed by atoms with Gasteiger partial charge in [0, 0.05) is 22.8 Å². The summed E-state index contributed by atoms with van der Waals surface area (Å²) in [6.45, 7) is 3.79. The van der Waals surface area contributed by atoms with Crippen LogP contribution in [0.2, 0.25) is 5.02 Å². The first-order valence-electron chi connectivity index (χ1n) is 6.73. The van der Waals surface area contributed by atoms with E-state index in [4.69, 9.17) is 16.7 Å². The van der Waals surface area contributed by atoms with Crippen LogP contribution < -0.4 is 5.32 Å². The lowest BCUT2D eigenvalue weighted by molar-refractivity contribution is -0.137. The third-order valence-electron chi connectivity index (χ3n) is 3.06. The number of anilines is 1. The summed E-state index contributed by atoms with van der Waals surface area (Å²) in [5, 5.41) is 15.8. The van der Waals surface area contributed by atoms with Gasteiger partial charge in [-0.2, -0.15) is 5.10 Å². The van der Waals surface area contributed by atoms with Crippen molar-refractivity contribution < 1.29 is 14.7 Å². The van der Waals surface area contributed by atoms with Gasteiger partial charge in [0.05, 0.1) is 0 Å². The molecule has 0 aliphatic carbocycles. The van der Waals surface area contributed by atoms with Crippen molar-refractivity contribution in [1.82, 2.24) is 9.78 Å². The van der Waals surface area contributed by atoms with Gasteiger partial charge in [-0.15, -0.1) is 0 Å². The molecular formula is C15H16ClN3O3. The van der Waals surface area contributed by atoms with Crippen molar-refractivity contribution in [3.63, 3.8) is 0 Å². The SMILES string of the molecule is CC(C)c1ccc(C(=O)Nc2ccn(CC(=O)O)n2)cc1Cl. The lowest BCUT2D eigenvalue weighted by Gasteiger charge is -2.09. The van der Waals surface area contributed by atoms with Crippen LogP contribution in [0.1, 0.15) is 35.7 Å². The Labute approximate surface area is 132 Å². The lowest BCUT2D eigenvalue weighted by atomic mass is 10.0. The monoisotopic (exact) mass is 321 g/mol. The number of rotatable bonds is 5. The third kappa shape index (κ3) is 3.85. The van der Waals surface area contributed by atoms with Gasteiger partial charge in [-0.1, -0.05) is 31.5 Å². The van der Waals surface area contributed by atoms with Gasteiger partial charge in [-0.3, -0.25) is 14.3 Å². The summed E-state index contributed by atoms with van der Waals surface area (Å²) in [5.41, 5.74) is 1.39. The van der Waals surface area contributed by atoms with E-state index in [0.29, 0.717) is 10.6 Å². The summed E-state index contributed by atoms with van der Waals surface area (Å²) in [4.78, 5) is 22.7. The highest BCUT2D eigenvalue weighted by atomic mass is 35.5. The van der Waals surface area contributed by atoms with Crippen LogP contribution in [0.5, 0.6) is 0 Å². The molecule has 0 unspecified atom stereocenters. The minimum atomic E-state index is -1.00. The molecule has 0 spiro atoms. The molecule has 0 atom stereocenters. The van der Waals surface area contributed by atoms with Crippen LogP contribution in [-0.2, 0) is 11.3 Å². The smallest absolute Gasteiger partial charge is 0.325 e. The number of carbonyl (C=O) groups is 2. The number of amides is 1. The molecule has 0 bridgehead atoms. The highest BCUT2D eigenvalue weighted by Gasteiger charge is 2.12. The highest BCUT2D eigenvalue weighted by Crippen LogP contribution is 2.25. The molecule has 0 aliphatic rings. The van der Waals surface area contributed by atoms with E-state index in [-0.39, 0.29) is 24.2 Å². The summed E-state index contributed by atoms with van der Waals surface area (Å²) in [5.74, 6) is -0.790. The minimum absolute atomic E-state index is 0.259. The largest absolute Gasteiger partial charge is 0.480 e. The molecule has 0 saturated carbocycles. The van der Waals surface area contributed by atoms with Gasteiger partial charge in [-0.05, 0) is 23.6 Å². The van der Waals surface area contributed by atoms with Gasteiger partial charge < -0.3 is 10.4 Å². The molecule has 6 nitrogen and oxygen atoms in total. The van der Waals surface area contributed by atoms with E-state index in [9.17, 15) is 9.59 Å². The highest BCUT2D eigenvalue weighted by molar-refractivity contribution is 6.31. The predicted octanol–water partition coefficient (Wildman–Crippen LogP) is 3.00. The van der Waals surface area contributed by atoms with Crippen molar-refractivity contribution in [2.75, 3.05) is 5.32 Å². The Bertz CT molecular complexity index is 710. The Morgan fingerprint density at radius 1 is 1.36 bits per heavy atom. The first-order chi connectivity index (χ1) is 10.4. The van der Waals surface area contributed by atoms with Gasteiger partial charge >= 0.3 is 5.97 Å².